The summed E-state index contributed by atoms with van der Waals surface area (Å²) < 4.78 is 12.6. The second kappa shape index (κ2) is 6.98. The molecular weight excluding hydrogens is 474 g/mol. The summed E-state index contributed by atoms with van der Waals surface area (Å²) in [7, 11) is 2.08. The number of aliphatic hydroxyl groups excluding tert-OH is 3. The lowest BCUT2D eigenvalue weighted by molar-refractivity contribution is -0.996. The summed E-state index contributed by atoms with van der Waals surface area (Å²) in [4.78, 5) is 25.6. The maximum Gasteiger partial charge on any atom is 0.308 e. The Morgan fingerprint density at radius 2 is 1.84 bits per heavy atom. The summed E-state index contributed by atoms with van der Waals surface area (Å²) in [6.45, 7) is 12.0. The highest BCUT2D eigenvalue weighted by Gasteiger charge is 2.99. The predicted octanol–water partition coefficient (Wildman–Crippen LogP) is 1.76. The van der Waals surface area contributed by atoms with Crippen molar-refractivity contribution in [1.29, 1.82) is 0 Å². The Morgan fingerprint density at radius 1 is 1.14 bits per heavy atom. The fourth-order valence-corrected chi connectivity index (χ4v) is 12.4. The maximum atomic E-state index is 13.2. The second-order valence-corrected chi connectivity index (χ2v) is 14.1. The molecule has 0 aromatic rings. The first-order valence-electron chi connectivity index (χ1n) is 14.3. The fourth-order valence-electron chi connectivity index (χ4n) is 12.4. The highest BCUT2D eigenvalue weighted by atomic mass is 16.6. The van der Waals surface area contributed by atoms with Crippen LogP contribution in [0.15, 0.2) is 12.2 Å². The zero-order chi connectivity index (χ0) is 26.6. The van der Waals surface area contributed by atoms with E-state index in [0.29, 0.717) is 36.6 Å². The molecule has 0 aromatic carbocycles. The highest BCUT2D eigenvalue weighted by molar-refractivity contribution is 5.72. The fraction of sp³-hybridized carbons (Fsp3) is 0.862. The molecule has 37 heavy (non-hydrogen) atoms. The molecule has 8 nitrogen and oxygen atoms in total. The summed E-state index contributed by atoms with van der Waals surface area (Å²) >= 11 is 0. The van der Waals surface area contributed by atoms with Gasteiger partial charge in [0.2, 0.25) is 0 Å². The van der Waals surface area contributed by atoms with Crippen LogP contribution in [0, 0.1) is 45.8 Å². The Bertz CT molecular complexity index is 1110. The van der Waals surface area contributed by atoms with E-state index in [-0.39, 0.29) is 59.7 Å². The average molecular weight is 517 g/mol. The van der Waals surface area contributed by atoms with Gasteiger partial charge >= 0.3 is 11.9 Å². The van der Waals surface area contributed by atoms with Gasteiger partial charge in [0.05, 0.1) is 30.4 Å². The average Bonchev–Trinajstić information content (AvgIpc) is 3.23. The second-order valence-electron chi connectivity index (χ2n) is 14.1. The minimum atomic E-state index is -0.804. The van der Waals surface area contributed by atoms with Crippen LogP contribution < -0.4 is 0 Å². The van der Waals surface area contributed by atoms with E-state index in [0.717, 1.165) is 5.57 Å². The van der Waals surface area contributed by atoms with Gasteiger partial charge in [-0.3, -0.25) is 14.1 Å². The Kier molecular flexibility index (Phi) is 4.63. The first kappa shape index (κ1) is 24.6. The number of rotatable bonds is 5. The van der Waals surface area contributed by atoms with Crippen LogP contribution in [0.5, 0.6) is 0 Å². The summed E-state index contributed by atoms with van der Waals surface area (Å²) in [5, 5.41) is 36.5. The number of fused-ring (bicyclic) bond motifs is 1. The molecule has 3 aliphatic heterocycles. The molecule has 2 spiro atoms. The van der Waals surface area contributed by atoms with E-state index in [4.69, 9.17) is 9.47 Å². The van der Waals surface area contributed by atoms with Crippen molar-refractivity contribution in [2.45, 2.75) is 103 Å². The number of esters is 2. The summed E-state index contributed by atoms with van der Waals surface area (Å²) in [6.07, 6.45) is -0.476. The maximum absolute atomic E-state index is 13.2. The summed E-state index contributed by atoms with van der Waals surface area (Å²) in [5.41, 5.74) is -0.760. The molecule has 16 atom stereocenters. The number of hydrogen-bond acceptors (Lipinski definition) is 7. The lowest BCUT2D eigenvalue weighted by Crippen LogP contribution is -2.77. The Labute approximate surface area is 218 Å². The smallest absolute Gasteiger partial charge is 0.308 e. The van der Waals surface area contributed by atoms with E-state index < -0.39 is 40.8 Å². The molecule has 6 aliphatic carbocycles. The van der Waals surface area contributed by atoms with Crippen LogP contribution in [0.1, 0.15) is 59.8 Å². The van der Waals surface area contributed by atoms with Crippen molar-refractivity contribution in [2.75, 3.05) is 7.05 Å². The molecule has 2 unspecified atom stereocenters. The monoisotopic (exact) mass is 516 g/mol. The van der Waals surface area contributed by atoms with Crippen molar-refractivity contribution < 1.29 is 38.9 Å². The van der Waals surface area contributed by atoms with Crippen molar-refractivity contribution in [1.82, 2.24) is 0 Å². The molecule has 204 valence electrons. The molecule has 9 rings (SSSR count). The van der Waals surface area contributed by atoms with E-state index >= 15 is 0 Å². The van der Waals surface area contributed by atoms with Gasteiger partial charge < -0.3 is 24.8 Å². The van der Waals surface area contributed by atoms with Gasteiger partial charge in [-0.2, -0.15) is 0 Å². The van der Waals surface area contributed by atoms with Crippen LogP contribution in [0.25, 0.3) is 0 Å². The summed E-state index contributed by atoms with van der Waals surface area (Å²) in [6, 6.07) is -0.259. The third-order valence-electron chi connectivity index (χ3n) is 13.1. The number of hydrogen-bond donors (Lipinski definition) is 3. The lowest BCUT2D eigenvalue weighted by Gasteiger charge is -2.66. The quantitative estimate of drug-likeness (QED) is 0.290. The van der Waals surface area contributed by atoms with E-state index in [1.54, 1.807) is 6.92 Å². The third-order valence-corrected chi connectivity index (χ3v) is 13.1. The van der Waals surface area contributed by atoms with Crippen molar-refractivity contribution in [3.05, 3.63) is 12.2 Å². The molecule has 3 heterocycles. The van der Waals surface area contributed by atoms with Gasteiger partial charge in [-0.1, -0.05) is 39.8 Å². The number of carbonyl (C=O) groups excluding carboxylic acids is 2. The largest absolute Gasteiger partial charge is 0.462 e. The minimum absolute atomic E-state index is 0.00890. The van der Waals surface area contributed by atoms with Crippen molar-refractivity contribution >= 4 is 11.9 Å². The van der Waals surface area contributed by atoms with Gasteiger partial charge in [0.1, 0.15) is 30.4 Å². The molecular formula is C29H42NO7+. The van der Waals surface area contributed by atoms with Crippen molar-refractivity contribution in [2.24, 2.45) is 45.8 Å². The van der Waals surface area contributed by atoms with Gasteiger partial charge in [0, 0.05) is 35.0 Å². The topological polar surface area (TPSA) is 113 Å². The standard InChI is InChI=1S/C29H42NO7/c1-7-12(3)25(34)37-20-16-13(4)9-28-17(20)23-29(22(28)19(16)32)11-14(36-15(31)8-2)10-27(5)21(29)18(24(28)33)30(23,6)26(27)35/h12,14,16-24,26,32-33,35H,4,7-11H2,1-3,5-6H3/q+1/t12-,14-,16+,17?,18+,19+,20-,21+,22+,23+,24-,26-,27+,28-,29-,30?/m0/s1. The van der Waals surface area contributed by atoms with Crippen molar-refractivity contribution in [3.63, 3.8) is 0 Å². The SMILES string of the molecule is C=C1C[C@]23C4[C@@H](OC(=O)[C@@H](C)CC)[C@H]1[C@@H](O)[C@H]2[C@]12C[C@@H](OC(=O)CC)C[C@]5(C)[C@H]1[C@H]([C@@H]3O)[N+](C)([C@H]42)[C@H]5O. The molecule has 9 aliphatic rings. The Morgan fingerprint density at radius 3 is 2.49 bits per heavy atom. The number of carbonyl (C=O) groups is 2. The highest BCUT2D eigenvalue weighted by Crippen LogP contribution is 2.89. The number of piperidine rings is 2. The van der Waals surface area contributed by atoms with E-state index in [2.05, 4.69) is 20.6 Å². The Hall–Kier alpha value is -1.48. The van der Waals surface area contributed by atoms with Crippen LogP contribution in [-0.4, -0.2) is 81.5 Å². The molecule has 3 N–H and O–H groups in total. The van der Waals surface area contributed by atoms with Gasteiger partial charge in [0.15, 0.2) is 6.23 Å². The third kappa shape index (κ3) is 2.24. The first-order valence-corrected chi connectivity index (χ1v) is 14.3. The van der Waals surface area contributed by atoms with Crippen LogP contribution in [-0.2, 0) is 19.1 Å². The van der Waals surface area contributed by atoms with Crippen LogP contribution in [0.4, 0.5) is 0 Å². The number of ether oxygens (including phenoxy) is 2. The number of likely N-dealkylation sites (N-methyl/N-ethyl adjacent to an activating group) is 1. The molecule has 0 amide bonds. The van der Waals surface area contributed by atoms with E-state index in [1.165, 1.54) is 0 Å². The van der Waals surface area contributed by atoms with E-state index in [1.807, 2.05) is 13.8 Å². The predicted molar refractivity (Wildman–Crippen MR) is 131 cm³/mol. The molecule has 0 aromatic heterocycles. The van der Waals surface area contributed by atoms with Crippen molar-refractivity contribution in [3.8, 4) is 0 Å². The van der Waals surface area contributed by atoms with Crippen LogP contribution in [0.2, 0.25) is 0 Å². The molecule has 8 heteroatoms. The number of nitrogens with zero attached hydrogens (tertiary/aromatic N) is 1. The normalized spacial score (nSPS) is 60.1. The number of quaternary nitrogens is 1. The van der Waals surface area contributed by atoms with Gasteiger partial charge in [-0.15, -0.1) is 0 Å². The van der Waals surface area contributed by atoms with Gasteiger partial charge in [-0.05, 0) is 25.7 Å². The van der Waals surface area contributed by atoms with Crippen LogP contribution in [0.3, 0.4) is 0 Å². The van der Waals surface area contributed by atoms with Gasteiger partial charge in [-0.25, -0.2) is 0 Å². The first-order chi connectivity index (χ1) is 17.4. The molecule has 6 saturated carbocycles. The van der Waals surface area contributed by atoms with E-state index in [9.17, 15) is 24.9 Å². The van der Waals surface area contributed by atoms with Crippen LogP contribution >= 0.6 is 0 Å². The summed E-state index contributed by atoms with van der Waals surface area (Å²) in [5.74, 6) is -1.58. The molecule has 9 bridgehead atoms. The number of aliphatic hydroxyl groups is 3. The molecule has 3 saturated heterocycles. The zero-order valence-corrected chi connectivity index (χ0v) is 22.6. The lowest BCUT2D eigenvalue weighted by atomic mass is 9.38. The molecule has 0 radical (unpaired) electrons. The van der Waals surface area contributed by atoms with Gasteiger partial charge in [0.25, 0.3) is 0 Å². The minimum Gasteiger partial charge on any atom is -0.462 e. The zero-order valence-electron chi connectivity index (χ0n) is 22.6. The Balaban J connectivity index is 1.43. The molecule has 9 fully saturated rings.